The van der Waals surface area contributed by atoms with Crippen molar-refractivity contribution >= 4 is 44.2 Å². The molecule has 30 heavy (non-hydrogen) atoms. The smallest absolute Gasteiger partial charge is 0.286 e. The van der Waals surface area contributed by atoms with E-state index < -0.39 is 10.0 Å². The van der Waals surface area contributed by atoms with Gasteiger partial charge in [0, 0.05) is 18.3 Å². The number of nitrogens with one attached hydrogen (secondary N) is 1. The molecule has 1 N–H and O–H groups in total. The monoisotopic (exact) mass is 449 g/mol. The number of para-hydroxylation sites is 1. The van der Waals surface area contributed by atoms with Crippen molar-refractivity contribution in [1.29, 1.82) is 0 Å². The Hall–Kier alpha value is -2.72. The predicted molar refractivity (Wildman–Crippen MR) is 119 cm³/mol. The molecule has 1 heterocycles. The summed E-state index contributed by atoms with van der Waals surface area (Å²) in [6.07, 6.45) is 0.797. The van der Waals surface area contributed by atoms with Crippen LogP contribution >= 0.6 is 11.8 Å². The van der Waals surface area contributed by atoms with Crippen LogP contribution in [0.15, 0.2) is 51.8 Å². The minimum absolute atomic E-state index is 0.00504. The molecule has 1 aliphatic rings. The van der Waals surface area contributed by atoms with Crippen LogP contribution in [0, 0.1) is 0 Å². The van der Waals surface area contributed by atoms with Crippen molar-refractivity contribution in [1.82, 2.24) is 0 Å². The second-order valence-electron chi connectivity index (χ2n) is 6.37. The quantitative estimate of drug-likeness (QED) is 0.692. The van der Waals surface area contributed by atoms with E-state index in [1.54, 1.807) is 42.5 Å². The van der Waals surface area contributed by atoms with Gasteiger partial charge in [-0.15, -0.1) is 4.40 Å². The number of amidine groups is 1. The number of rotatable bonds is 7. The number of benzene rings is 2. The van der Waals surface area contributed by atoms with Crippen LogP contribution in [-0.2, 0) is 14.8 Å². The van der Waals surface area contributed by atoms with Crippen LogP contribution in [0.2, 0.25) is 0 Å². The lowest BCUT2D eigenvalue weighted by Crippen LogP contribution is -2.35. The highest BCUT2D eigenvalue weighted by atomic mass is 32.2. The van der Waals surface area contributed by atoms with Crippen LogP contribution in [0.25, 0.3) is 0 Å². The zero-order valence-electron chi connectivity index (χ0n) is 16.9. The first-order valence-electron chi connectivity index (χ1n) is 9.25. The van der Waals surface area contributed by atoms with Gasteiger partial charge in [0.2, 0.25) is 5.91 Å². The predicted octanol–water partition coefficient (Wildman–Crippen LogP) is 3.35. The first kappa shape index (κ1) is 22.0. The van der Waals surface area contributed by atoms with Crippen LogP contribution in [-0.4, -0.2) is 46.0 Å². The van der Waals surface area contributed by atoms with Gasteiger partial charge in [0.1, 0.15) is 4.90 Å². The molecule has 2 aromatic carbocycles. The number of thioether (sulfide) groups is 1. The van der Waals surface area contributed by atoms with E-state index in [0.29, 0.717) is 29.4 Å². The number of amides is 1. The zero-order chi connectivity index (χ0) is 21.7. The number of hydrogen-bond acceptors (Lipinski definition) is 7. The van der Waals surface area contributed by atoms with Gasteiger partial charge in [-0.25, -0.2) is 0 Å². The molecular formula is C20H23N3O5S2. The Morgan fingerprint density at radius 3 is 2.57 bits per heavy atom. The molecule has 0 saturated heterocycles. The molecule has 0 aliphatic carbocycles. The van der Waals surface area contributed by atoms with Gasteiger partial charge >= 0.3 is 0 Å². The Morgan fingerprint density at radius 2 is 1.87 bits per heavy atom. The molecule has 0 unspecified atom stereocenters. The molecule has 0 bridgehead atoms. The lowest BCUT2D eigenvalue weighted by Gasteiger charge is -2.29. The Balaban J connectivity index is 1.74. The summed E-state index contributed by atoms with van der Waals surface area (Å²) in [5, 5.41) is 3.07. The summed E-state index contributed by atoms with van der Waals surface area (Å²) in [4.78, 5) is 14.5. The fourth-order valence-electron chi connectivity index (χ4n) is 2.99. The number of nitrogens with zero attached hydrogens (tertiary/aromatic N) is 2. The molecule has 0 spiro atoms. The molecule has 0 saturated carbocycles. The molecular weight excluding hydrogens is 426 g/mol. The van der Waals surface area contributed by atoms with E-state index in [9.17, 15) is 13.2 Å². The molecule has 1 amide bonds. The minimum atomic E-state index is -3.80. The summed E-state index contributed by atoms with van der Waals surface area (Å²) >= 11 is 1.09. The maximum atomic E-state index is 12.5. The number of carbonyl (C=O) groups excluding carboxylic acids is 1. The Bertz CT molecular complexity index is 1070. The lowest BCUT2D eigenvalue weighted by atomic mass is 10.2. The number of sulfonamides is 1. The van der Waals surface area contributed by atoms with E-state index in [1.807, 2.05) is 11.8 Å². The van der Waals surface area contributed by atoms with Crippen LogP contribution in [0.1, 0.15) is 13.3 Å². The highest BCUT2D eigenvalue weighted by molar-refractivity contribution is 8.15. The first-order valence-corrected chi connectivity index (χ1v) is 11.7. The van der Waals surface area contributed by atoms with Gasteiger partial charge in [0.15, 0.2) is 16.7 Å². The highest BCUT2D eigenvalue weighted by Gasteiger charge is 2.30. The maximum Gasteiger partial charge on any atom is 0.286 e. The van der Waals surface area contributed by atoms with E-state index in [1.165, 1.54) is 14.2 Å². The largest absolute Gasteiger partial charge is 0.493 e. The van der Waals surface area contributed by atoms with Gasteiger partial charge in [-0.05, 0) is 30.7 Å². The molecule has 8 nitrogen and oxygen atoms in total. The number of fused-ring (bicyclic) bond motifs is 1. The third-order valence-corrected chi connectivity index (χ3v) is 6.72. The van der Waals surface area contributed by atoms with Crippen LogP contribution in [0.5, 0.6) is 11.5 Å². The normalized spacial score (nSPS) is 14.5. The Labute approximate surface area is 180 Å². The van der Waals surface area contributed by atoms with Crippen molar-refractivity contribution in [3.8, 4) is 11.5 Å². The SMILES string of the molecule is CCCN1C(SCC(=O)Nc2ccc(OC)c(OC)c2)=NS(=O)(=O)c2ccccc21. The summed E-state index contributed by atoms with van der Waals surface area (Å²) in [6.45, 7) is 2.59. The van der Waals surface area contributed by atoms with Gasteiger partial charge < -0.3 is 19.7 Å². The fraction of sp³-hybridized carbons (Fsp3) is 0.300. The summed E-state index contributed by atoms with van der Waals surface area (Å²) < 4.78 is 39.5. The minimum Gasteiger partial charge on any atom is -0.493 e. The third-order valence-electron chi connectivity index (χ3n) is 4.31. The molecule has 1 aliphatic heterocycles. The van der Waals surface area contributed by atoms with Crippen LogP contribution in [0.4, 0.5) is 11.4 Å². The van der Waals surface area contributed by atoms with E-state index in [4.69, 9.17) is 9.47 Å². The number of ether oxygens (including phenoxy) is 2. The molecule has 160 valence electrons. The van der Waals surface area contributed by atoms with Gasteiger partial charge in [-0.3, -0.25) is 4.79 Å². The number of anilines is 2. The maximum absolute atomic E-state index is 12.5. The van der Waals surface area contributed by atoms with Gasteiger partial charge in [0.25, 0.3) is 10.0 Å². The topological polar surface area (TPSA) is 97.3 Å². The van der Waals surface area contributed by atoms with Crippen LogP contribution < -0.4 is 19.7 Å². The summed E-state index contributed by atoms with van der Waals surface area (Å²) in [7, 11) is -0.754. The second-order valence-corrected chi connectivity index (χ2v) is 8.89. The number of methoxy groups -OCH3 is 2. The van der Waals surface area contributed by atoms with Crippen molar-refractivity contribution in [3.63, 3.8) is 0 Å². The van der Waals surface area contributed by atoms with E-state index in [-0.39, 0.29) is 21.7 Å². The molecule has 10 heteroatoms. The average Bonchev–Trinajstić information content (AvgIpc) is 2.74. The third kappa shape index (κ3) is 4.71. The number of carbonyl (C=O) groups is 1. The van der Waals surface area contributed by atoms with Gasteiger partial charge in [-0.1, -0.05) is 30.8 Å². The van der Waals surface area contributed by atoms with Crippen molar-refractivity contribution < 1.29 is 22.7 Å². The van der Waals surface area contributed by atoms with Crippen molar-refractivity contribution in [2.75, 3.05) is 36.7 Å². The van der Waals surface area contributed by atoms with Gasteiger partial charge in [-0.2, -0.15) is 8.42 Å². The fourth-order valence-corrected chi connectivity index (χ4v) is 5.27. The van der Waals surface area contributed by atoms with Crippen molar-refractivity contribution in [3.05, 3.63) is 42.5 Å². The standard InChI is InChI=1S/C20H23N3O5S2/c1-4-11-23-15-7-5-6-8-18(15)30(25,26)22-20(23)29-13-19(24)21-14-9-10-16(27-2)17(12-14)28-3/h5-10,12H,4,11,13H2,1-3H3,(H,21,24). The summed E-state index contributed by atoms with van der Waals surface area (Å²) in [6, 6.07) is 11.8. The highest BCUT2D eigenvalue weighted by Crippen LogP contribution is 2.34. The Kier molecular flexibility index (Phi) is 6.88. The summed E-state index contributed by atoms with van der Waals surface area (Å²) in [5.74, 6) is 0.769. The average molecular weight is 450 g/mol. The Morgan fingerprint density at radius 1 is 1.13 bits per heavy atom. The first-order chi connectivity index (χ1) is 14.4. The molecule has 3 rings (SSSR count). The second kappa shape index (κ2) is 9.40. The number of hydrogen-bond donors (Lipinski definition) is 1. The van der Waals surface area contributed by atoms with Crippen molar-refractivity contribution in [2.45, 2.75) is 18.2 Å². The van der Waals surface area contributed by atoms with E-state index in [2.05, 4.69) is 9.71 Å². The van der Waals surface area contributed by atoms with Gasteiger partial charge in [0.05, 0.1) is 25.7 Å². The molecule has 0 radical (unpaired) electrons. The molecule has 0 aromatic heterocycles. The lowest BCUT2D eigenvalue weighted by molar-refractivity contribution is -0.113. The van der Waals surface area contributed by atoms with Crippen molar-refractivity contribution in [2.24, 2.45) is 4.40 Å². The zero-order valence-corrected chi connectivity index (χ0v) is 18.5. The van der Waals surface area contributed by atoms with E-state index in [0.717, 1.165) is 18.2 Å². The van der Waals surface area contributed by atoms with Crippen LogP contribution in [0.3, 0.4) is 0 Å². The molecule has 0 fully saturated rings. The molecule has 0 atom stereocenters. The summed E-state index contributed by atoms with van der Waals surface area (Å²) in [5.41, 5.74) is 1.13. The molecule has 2 aromatic rings. The van der Waals surface area contributed by atoms with E-state index >= 15 is 0 Å².